The summed E-state index contributed by atoms with van der Waals surface area (Å²) in [4.78, 5) is 8.24. The fourth-order valence-electron chi connectivity index (χ4n) is 1.29. The first-order valence-corrected chi connectivity index (χ1v) is 4.17. The highest BCUT2D eigenvalue weighted by Crippen LogP contribution is 2.20. The van der Waals surface area contributed by atoms with Crippen LogP contribution in [-0.4, -0.2) is 15.5 Å². The van der Waals surface area contributed by atoms with Gasteiger partial charge in [-0.1, -0.05) is 0 Å². The van der Waals surface area contributed by atoms with Gasteiger partial charge in [-0.3, -0.25) is 5.73 Å². The number of nitrogens with two attached hydrogens (primary N) is 2. The van der Waals surface area contributed by atoms with Gasteiger partial charge in [-0.15, -0.1) is 0 Å². The van der Waals surface area contributed by atoms with Gasteiger partial charge in [0.25, 0.3) is 0 Å². The summed E-state index contributed by atoms with van der Waals surface area (Å²) in [5, 5.41) is 2.75. The molecule has 0 bridgehead atoms. The Hall–Kier alpha value is -1.82. The quantitative estimate of drug-likeness (QED) is 0.530. The van der Waals surface area contributed by atoms with Crippen LogP contribution in [0, 0.1) is 0 Å². The Labute approximate surface area is 81.3 Å². The summed E-state index contributed by atoms with van der Waals surface area (Å²) in [7, 11) is 1.87. The molecular formula is C8H12N6. The molecule has 14 heavy (non-hydrogen) atoms. The molecule has 0 spiro atoms. The van der Waals surface area contributed by atoms with Gasteiger partial charge in [-0.05, 0) is 6.08 Å². The van der Waals surface area contributed by atoms with Crippen LogP contribution in [0.1, 0.15) is 5.69 Å². The average Bonchev–Trinajstić information content (AvgIpc) is 2.52. The first kappa shape index (κ1) is 8.76. The van der Waals surface area contributed by atoms with Gasteiger partial charge in [0.15, 0.2) is 11.6 Å². The van der Waals surface area contributed by atoms with Gasteiger partial charge in [0.1, 0.15) is 5.69 Å². The van der Waals surface area contributed by atoms with Crippen molar-refractivity contribution in [3.63, 3.8) is 0 Å². The van der Waals surface area contributed by atoms with E-state index in [0.29, 0.717) is 11.7 Å². The summed E-state index contributed by atoms with van der Waals surface area (Å²) in [6.45, 7) is 0. The molecule has 74 valence electrons. The fourth-order valence-corrected chi connectivity index (χ4v) is 1.29. The van der Waals surface area contributed by atoms with Crippen molar-refractivity contribution in [1.82, 2.24) is 14.9 Å². The molecule has 1 aliphatic rings. The molecule has 6 heteroatoms. The number of aryl methyl sites for hydroxylation is 1. The van der Waals surface area contributed by atoms with E-state index in [1.54, 1.807) is 18.6 Å². The minimum Gasteiger partial charge on any atom is -0.370 e. The van der Waals surface area contributed by atoms with E-state index in [1.807, 2.05) is 17.8 Å². The number of imidazole rings is 1. The Balaban J connectivity index is 2.41. The second-order valence-corrected chi connectivity index (χ2v) is 3.22. The van der Waals surface area contributed by atoms with Crippen LogP contribution in [0.5, 0.6) is 0 Å². The molecule has 0 radical (unpaired) electrons. The lowest BCUT2D eigenvalue weighted by molar-refractivity contribution is 0.564. The van der Waals surface area contributed by atoms with Crippen LogP contribution in [0.2, 0.25) is 0 Å². The topological polar surface area (TPSA) is 94.2 Å². The standard InChI is InChI=1S/C8H12N6/c1-14-4-6(12-5-14)8(10)2-3-11-7(9)13-8/h2-5H,10H2,1H3,(H3,9,11,13). The molecular weight excluding hydrogens is 180 g/mol. The number of hydrogen-bond acceptors (Lipinski definition) is 5. The van der Waals surface area contributed by atoms with Crippen LogP contribution in [0.15, 0.2) is 29.8 Å². The third kappa shape index (κ3) is 1.35. The van der Waals surface area contributed by atoms with Crippen molar-refractivity contribution >= 4 is 5.96 Å². The zero-order chi connectivity index (χ0) is 10.2. The van der Waals surface area contributed by atoms with Crippen molar-refractivity contribution in [2.24, 2.45) is 23.5 Å². The van der Waals surface area contributed by atoms with Crippen molar-refractivity contribution in [3.05, 3.63) is 30.5 Å². The monoisotopic (exact) mass is 192 g/mol. The van der Waals surface area contributed by atoms with Gasteiger partial charge in [-0.2, -0.15) is 0 Å². The number of rotatable bonds is 1. The SMILES string of the molecule is Cn1cnc(C2(N)C=CNC(N)=N2)c1. The normalized spacial score (nSPS) is 25.7. The zero-order valence-corrected chi connectivity index (χ0v) is 7.81. The van der Waals surface area contributed by atoms with Crippen molar-refractivity contribution in [2.45, 2.75) is 5.66 Å². The number of nitrogens with one attached hydrogen (secondary N) is 1. The lowest BCUT2D eigenvalue weighted by atomic mass is 10.1. The second kappa shape index (κ2) is 2.85. The number of guanidine groups is 1. The molecule has 1 aromatic heterocycles. The van der Waals surface area contributed by atoms with Gasteiger partial charge < -0.3 is 15.6 Å². The zero-order valence-electron chi connectivity index (χ0n) is 7.81. The van der Waals surface area contributed by atoms with Gasteiger partial charge in [0, 0.05) is 19.4 Å². The summed E-state index contributed by atoms with van der Waals surface area (Å²) in [6, 6.07) is 0. The third-order valence-corrected chi connectivity index (χ3v) is 1.99. The Morgan fingerprint density at radius 3 is 2.93 bits per heavy atom. The van der Waals surface area contributed by atoms with Crippen LogP contribution in [0.3, 0.4) is 0 Å². The van der Waals surface area contributed by atoms with Crippen LogP contribution in [0.25, 0.3) is 0 Å². The van der Waals surface area contributed by atoms with E-state index in [-0.39, 0.29) is 0 Å². The molecule has 6 nitrogen and oxygen atoms in total. The van der Waals surface area contributed by atoms with E-state index < -0.39 is 5.66 Å². The highest BCUT2D eigenvalue weighted by molar-refractivity contribution is 5.80. The van der Waals surface area contributed by atoms with Crippen molar-refractivity contribution in [2.75, 3.05) is 0 Å². The van der Waals surface area contributed by atoms with E-state index in [2.05, 4.69) is 15.3 Å². The van der Waals surface area contributed by atoms with Crippen LogP contribution in [-0.2, 0) is 12.7 Å². The lowest BCUT2D eigenvalue weighted by Gasteiger charge is -2.22. The average molecular weight is 192 g/mol. The van der Waals surface area contributed by atoms with Crippen molar-refractivity contribution < 1.29 is 0 Å². The molecule has 0 aromatic carbocycles. The second-order valence-electron chi connectivity index (χ2n) is 3.22. The molecule has 1 aliphatic heterocycles. The minimum absolute atomic E-state index is 0.292. The van der Waals surface area contributed by atoms with Crippen molar-refractivity contribution in [1.29, 1.82) is 0 Å². The molecule has 0 aliphatic carbocycles. The molecule has 0 saturated carbocycles. The summed E-state index contributed by atoms with van der Waals surface area (Å²) < 4.78 is 1.81. The van der Waals surface area contributed by atoms with Gasteiger partial charge in [0.2, 0.25) is 0 Å². The molecule has 0 amide bonds. The lowest BCUT2D eigenvalue weighted by Crippen LogP contribution is -2.42. The molecule has 1 unspecified atom stereocenters. The van der Waals surface area contributed by atoms with Crippen LogP contribution >= 0.6 is 0 Å². The highest BCUT2D eigenvalue weighted by atomic mass is 15.2. The number of aromatic nitrogens is 2. The Bertz CT molecular complexity index is 404. The first-order chi connectivity index (χ1) is 6.60. The molecule has 2 rings (SSSR count). The number of nitrogens with zero attached hydrogens (tertiary/aromatic N) is 3. The summed E-state index contributed by atoms with van der Waals surface area (Å²) in [5.41, 5.74) is 11.3. The number of hydrogen-bond donors (Lipinski definition) is 3. The molecule has 1 aromatic rings. The van der Waals surface area contributed by atoms with Crippen LogP contribution in [0.4, 0.5) is 0 Å². The smallest absolute Gasteiger partial charge is 0.195 e. The van der Waals surface area contributed by atoms with Gasteiger partial charge >= 0.3 is 0 Å². The Morgan fingerprint density at radius 2 is 2.36 bits per heavy atom. The van der Waals surface area contributed by atoms with E-state index in [9.17, 15) is 0 Å². The van der Waals surface area contributed by atoms with Crippen molar-refractivity contribution in [3.8, 4) is 0 Å². The predicted molar refractivity (Wildman–Crippen MR) is 53.0 cm³/mol. The third-order valence-electron chi connectivity index (χ3n) is 1.99. The summed E-state index contributed by atoms with van der Waals surface area (Å²) in [5.74, 6) is 0.292. The number of aliphatic imine (C=N–C) groups is 1. The molecule has 0 fully saturated rings. The van der Waals surface area contributed by atoms with E-state index in [0.717, 1.165) is 0 Å². The van der Waals surface area contributed by atoms with Crippen LogP contribution < -0.4 is 16.8 Å². The minimum atomic E-state index is -0.948. The van der Waals surface area contributed by atoms with Gasteiger partial charge in [0.05, 0.1) is 6.33 Å². The Kier molecular flexibility index (Phi) is 1.78. The fraction of sp³-hybridized carbons (Fsp3) is 0.250. The van der Waals surface area contributed by atoms with E-state index in [4.69, 9.17) is 11.5 Å². The molecule has 1 atom stereocenters. The summed E-state index contributed by atoms with van der Waals surface area (Å²) >= 11 is 0. The van der Waals surface area contributed by atoms with E-state index in [1.165, 1.54) is 0 Å². The first-order valence-electron chi connectivity index (χ1n) is 4.17. The molecule has 5 N–H and O–H groups in total. The maximum absolute atomic E-state index is 6.01. The Morgan fingerprint density at radius 1 is 1.57 bits per heavy atom. The largest absolute Gasteiger partial charge is 0.370 e. The predicted octanol–water partition coefficient (Wildman–Crippen LogP) is -1.04. The van der Waals surface area contributed by atoms with E-state index >= 15 is 0 Å². The molecule has 0 saturated heterocycles. The highest BCUT2D eigenvalue weighted by Gasteiger charge is 2.28. The maximum Gasteiger partial charge on any atom is 0.195 e. The molecule has 2 heterocycles. The maximum atomic E-state index is 6.01. The van der Waals surface area contributed by atoms with Gasteiger partial charge in [-0.25, -0.2) is 9.98 Å². The summed E-state index contributed by atoms with van der Waals surface area (Å²) in [6.07, 6.45) is 6.86.